The predicted octanol–water partition coefficient (Wildman–Crippen LogP) is 2.63. The Bertz CT molecular complexity index is 584. The standard InChI is InChI=1S/C15H27N3O2S2.HI/c1-12(8-10-22(5,19)20)18-14(16-4)17-11-15(2,3)13-7-6-9-21-13;/h6-7,9,12H,8,10-11H2,1-5H3,(H2,16,17,18);1H. The number of sulfone groups is 1. The van der Waals surface area contributed by atoms with Gasteiger partial charge < -0.3 is 10.6 Å². The van der Waals surface area contributed by atoms with Crippen molar-refractivity contribution >= 4 is 51.1 Å². The number of halogens is 1. The summed E-state index contributed by atoms with van der Waals surface area (Å²) in [6, 6.07) is 4.24. The summed E-state index contributed by atoms with van der Waals surface area (Å²) < 4.78 is 22.4. The quantitative estimate of drug-likeness (QED) is 0.363. The zero-order chi connectivity index (χ0) is 16.8. The van der Waals surface area contributed by atoms with E-state index in [2.05, 4.69) is 47.0 Å². The molecule has 1 aromatic rings. The second-order valence-electron chi connectivity index (χ2n) is 6.25. The largest absolute Gasteiger partial charge is 0.356 e. The molecule has 0 amide bonds. The summed E-state index contributed by atoms with van der Waals surface area (Å²) in [5, 5.41) is 8.64. The Morgan fingerprint density at radius 3 is 2.57 bits per heavy atom. The van der Waals surface area contributed by atoms with Gasteiger partial charge in [-0.25, -0.2) is 8.42 Å². The Morgan fingerprint density at radius 1 is 1.43 bits per heavy atom. The lowest BCUT2D eigenvalue weighted by molar-refractivity contribution is 0.512. The van der Waals surface area contributed by atoms with Crippen molar-refractivity contribution in [2.75, 3.05) is 25.6 Å². The Morgan fingerprint density at radius 2 is 2.09 bits per heavy atom. The van der Waals surface area contributed by atoms with E-state index in [9.17, 15) is 8.42 Å². The third kappa shape index (κ3) is 8.90. The molecule has 134 valence electrons. The molecular formula is C15H28IN3O2S2. The van der Waals surface area contributed by atoms with Crippen LogP contribution in [-0.4, -0.2) is 46.0 Å². The van der Waals surface area contributed by atoms with Gasteiger partial charge in [0.1, 0.15) is 9.84 Å². The van der Waals surface area contributed by atoms with Gasteiger partial charge >= 0.3 is 0 Å². The Kier molecular flexibility index (Phi) is 9.68. The van der Waals surface area contributed by atoms with E-state index >= 15 is 0 Å². The molecule has 1 aromatic heterocycles. The number of nitrogens with zero attached hydrogens (tertiary/aromatic N) is 1. The van der Waals surface area contributed by atoms with Crippen molar-refractivity contribution in [2.24, 2.45) is 4.99 Å². The van der Waals surface area contributed by atoms with Crippen molar-refractivity contribution in [1.82, 2.24) is 10.6 Å². The van der Waals surface area contributed by atoms with Gasteiger partial charge in [0.05, 0.1) is 5.75 Å². The van der Waals surface area contributed by atoms with Crippen LogP contribution in [-0.2, 0) is 15.3 Å². The molecule has 1 unspecified atom stereocenters. The van der Waals surface area contributed by atoms with Gasteiger partial charge in [-0.2, -0.15) is 0 Å². The van der Waals surface area contributed by atoms with Gasteiger partial charge in [0.15, 0.2) is 5.96 Å². The van der Waals surface area contributed by atoms with Gasteiger partial charge in [-0.1, -0.05) is 19.9 Å². The lowest BCUT2D eigenvalue weighted by atomic mass is 9.91. The van der Waals surface area contributed by atoms with Crippen molar-refractivity contribution in [3.05, 3.63) is 22.4 Å². The van der Waals surface area contributed by atoms with E-state index in [0.29, 0.717) is 12.4 Å². The number of aliphatic imine (C=N–C) groups is 1. The molecule has 0 aromatic carbocycles. The van der Waals surface area contributed by atoms with Gasteiger partial charge in [0, 0.05) is 36.2 Å². The van der Waals surface area contributed by atoms with E-state index in [-0.39, 0.29) is 41.2 Å². The second-order valence-corrected chi connectivity index (χ2v) is 9.46. The Hall–Kier alpha value is -0.350. The second kappa shape index (κ2) is 9.83. The SMILES string of the molecule is CN=C(NCC(C)(C)c1cccs1)NC(C)CCS(C)(=O)=O.I. The average molecular weight is 473 g/mol. The first-order valence-electron chi connectivity index (χ1n) is 7.33. The highest BCUT2D eigenvalue weighted by Gasteiger charge is 2.22. The van der Waals surface area contributed by atoms with E-state index in [1.165, 1.54) is 11.1 Å². The molecule has 0 aliphatic carbocycles. The highest BCUT2D eigenvalue weighted by Crippen LogP contribution is 2.26. The zero-order valence-electron chi connectivity index (χ0n) is 14.4. The third-order valence-electron chi connectivity index (χ3n) is 3.41. The maximum atomic E-state index is 11.2. The summed E-state index contributed by atoms with van der Waals surface area (Å²) in [6.45, 7) is 7.09. The van der Waals surface area contributed by atoms with Crippen LogP contribution in [0.25, 0.3) is 0 Å². The summed E-state index contributed by atoms with van der Waals surface area (Å²) >= 11 is 1.75. The molecule has 0 fully saturated rings. The third-order valence-corrected chi connectivity index (χ3v) is 5.63. The van der Waals surface area contributed by atoms with Crippen LogP contribution < -0.4 is 10.6 Å². The molecule has 0 spiro atoms. The van der Waals surface area contributed by atoms with Crippen LogP contribution in [0.15, 0.2) is 22.5 Å². The highest BCUT2D eigenvalue weighted by atomic mass is 127. The predicted molar refractivity (Wildman–Crippen MR) is 111 cm³/mol. The molecule has 1 rings (SSSR count). The smallest absolute Gasteiger partial charge is 0.191 e. The summed E-state index contributed by atoms with van der Waals surface area (Å²) in [4.78, 5) is 5.53. The molecule has 0 aliphatic rings. The minimum absolute atomic E-state index is 0. The van der Waals surface area contributed by atoms with Crippen LogP contribution in [0.3, 0.4) is 0 Å². The normalized spacial score (nSPS) is 14.0. The Balaban J connectivity index is 0.00000484. The van der Waals surface area contributed by atoms with Crippen molar-refractivity contribution in [3.8, 4) is 0 Å². The summed E-state index contributed by atoms with van der Waals surface area (Å²) in [5.41, 5.74) is 0.0157. The fourth-order valence-corrected chi connectivity index (χ4v) is 3.58. The number of thiophene rings is 1. The lowest BCUT2D eigenvalue weighted by Crippen LogP contribution is -2.46. The van der Waals surface area contributed by atoms with E-state index in [1.807, 2.05) is 6.92 Å². The van der Waals surface area contributed by atoms with Crippen LogP contribution in [0.1, 0.15) is 32.1 Å². The highest BCUT2D eigenvalue weighted by molar-refractivity contribution is 14.0. The first-order valence-corrected chi connectivity index (χ1v) is 10.3. The number of nitrogens with one attached hydrogen (secondary N) is 2. The number of rotatable bonds is 7. The van der Waals surface area contributed by atoms with Crippen molar-refractivity contribution in [2.45, 2.75) is 38.6 Å². The molecule has 8 heteroatoms. The van der Waals surface area contributed by atoms with Gasteiger partial charge in [-0.05, 0) is 24.8 Å². The van der Waals surface area contributed by atoms with Gasteiger partial charge in [0.2, 0.25) is 0 Å². The van der Waals surface area contributed by atoms with E-state index in [0.717, 1.165) is 6.54 Å². The molecule has 1 heterocycles. The zero-order valence-corrected chi connectivity index (χ0v) is 18.4. The van der Waals surface area contributed by atoms with Crippen molar-refractivity contribution in [1.29, 1.82) is 0 Å². The van der Waals surface area contributed by atoms with E-state index < -0.39 is 9.84 Å². The lowest BCUT2D eigenvalue weighted by Gasteiger charge is -2.26. The molecule has 0 saturated carbocycles. The first kappa shape index (κ1) is 22.6. The number of hydrogen-bond acceptors (Lipinski definition) is 4. The number of guanidine groups is 1. The molecule has 1 atom stereocenters. The fraction of sp³-hybridized carbons (Fsp3) is 0.667. The molecule has 0 radical (unpaired) electrons. The molecular weight excluding hydrogens is 445 g/mol. The first-order chi connectivity index (χ1) is 10.1. The fourth-order valence-electron chi connectivity index (χ4n) is 1.95. The van der Waals surface area contributed by atoms with Gasteiger partial charge in [-0.3, -0.25) is 4.99 Å². The van der Waals surface area contributed by atoms with Crippen LogP contribution in [0.2, 0.25) is 0 Å². The topological polar surface area (TPSA) is 70.6 Å². The minimum atomic E-state index is -2.93. The van der Waals surface area contributed by atoms with Gasteiger partial charge in [-0.15, -0.1) is 35.3 Å². The molecule has 0 saturated heterocycles. The van der Waals surface area contributed by atoms with Crippen LogP contribution in [0.5, 0.6) is 0 Å². The van der Waals surface area contributed by atoms with Crippen molar-refractivity contribution < 1.29 is 8.42 Å². The van der Waals surface area contributed by atoms with E-state index in [4.69, 9.17) is 0 Å². The van der Waals surface area contributed by atoms with Crippen LogP contribution in [0, 0.1) is 0 Å². The number of hydrogen-bond donors (Lipinski definition) is 2. The summed E-state index contributed by atoms with van der Waals surface area (Å²) in [6.07, 6.45) is 1.82. The average Bonchev–Trinajstić information content (AvgIpc) is 2.95. The van der Waals surface area contributed by atoms with E-state index in [1.54, 1.807) is 18.4 Å². The van der Waals surface area contributed by atoms with Gasteiger partial charge in [0.25, 0.3) is 0 Å². The minimum Gasteiger partial charge on any atom is -0.356 e. The monoisotopic (exact) mass is 473 g/mol. The molecule has 23 heavy (non-hydrogen) atoms. The molecule has 2 N–H and O–H groups in total. The molecule has 5 nitrogen and oxygen atoms in total. The Labute approximate surface area is 161 Å². The van der Waals surface area contributed by atoms with Crippen LogP contribution >= 0.6 is 35.3 Å². The van der Waals surface area contributed by atoms with Crippen molar-refractivity contribution in [3.63, 3.8) is 0 Å². The summed E-state index contributed by atoms with van der Waals surface area (Å²) in [7, 11) is -1.21. The maximum absolute atomic E-state index is 11.2. The maximum Gasteiger partial charge on any atom is 0.191 e. The van der Waals surface area contributed by atoms with Crippen LogP contribution in [0.4, 0.5) is 0 Å². The summed E-state index contributed by atoms with van der Waals surface area (Å²) in [5.74, 6) is 0.879. The molecule has 0 bridgehead atoms. The molecule has 0 aliphatic heterocycles.